The van der Waals surface area contributed by atoms with Crippen LogP contribution in [0, 0.1) is 0 Å². The molecule has 1 aromatic heterocycles. The lowest BCUT2D eigenvalue weighted by Gasteiger charge is -2.18. The molecular weight excluding hydrogens is 277 g/mol. The predicted molar refractivity (Wildman–Crippen MR) is 51.2 cm³/mol. The third kappa shape index (κ3) is 2.34. The van der Waals surface area contributed by atoms with Crippen LogP contribution in [-0.2, 0) is 18.8 Å². The van der Waals surface area contributed by atoms with Gasteiger partial charge in [-0.1, -0.05) is 0 Å². The summed E-state index contributed by atoms with van der Waals surface area (Å²) >= 11 is 2.97. The molecule has 0 saturated carbocycles. The van der Waals surface area contributed by atoms with E-state index in [4.69, 9.17) is 0 Å². The van der Waals surface area contributed by atoms with Gasteiger partial charge < -0.3 is 5.11 Å². The van der Waals surface area contributed by atoms with E-state index in [1.54, 1.807) is 0 Å². The van der Waals surface area contributed by atoms with E-state index in [0.717, 1.165) is 4.68 Å². The summed E-state index contributed by atoms with van der Waals surface area (Å²) in [6, 6.07) is 0. The van der Waals surface area contributed by atoms with Crippen molar-refractivity contribution in [3.63, 3.8) is 0 Å². The number of aromatic nitrogens is 2. The van der Waals surface area contributed by atoms with Gasteiger partial charge in [0.25, 0.3) is 0 Å². The second-order valence-corrected chi connectivity index (χ2v) is 4.45. The molecule has 7 heteroatoms. The normalized spacial score (nSPS) is 13.3. The molecule has 0 fully saturated rings. The number of hydrogen-bond donors (Lipinski definition) is 1. The minimum Gasteiger partial charge on any atom is -0.386 e. The van der Waals surface area contributed by atoms with Gasteiger partial charge >= 0.3 is 6.18 Å². The number of aliphatic hydroxyl groups is 1. The Bertz CT molecular complexity index is 378. The Balaban J connectivity index is 3.48. The summed E-state index contributed by atoms with van der Waals surface area (Å²) in [6.07, 6.45) is -4.57. The van der Waals surface area contributed by atoms with Crippen LogP contribution in [0.3, 0.4) is 0 Å². The number of halogens is 4. The first-order valence-electron chi connectivity index (χ1n) is 4.07. The van der Waals surface area contributed by atoms with Crippen molar-refractivity contribution in [1.29, 1.82) is 0 Å². The van der Waals surface area contributed by atoms with E-state index < -0.39 is 17.5 Å². The monoisotopic (exact) mass is 286 g/mol. The van der Waals surface area contributed by atoms with Crippen molar-refractivity contribution >= 4 is 15.9 Å². The molecule has 1 rings (SSSR count). The Morgan fingerprint density at radius 3 is 2.07 bits per heavy atom. The van der Waals surface area contributed by atoms with Crippen molar-refractivity contribution in [2.24, 2.45) is 7.05 Å². The average molecular weight is 287 g/mol. The zero-order valence-corrected chi connectivity index (χ0v) is 9.94. The zero-order chi connectivity index (χ0) is 12.0. The lowest BCUT2D eigenvalue weighted by atomic mass is 9.99. The van der Waals surface area contributed by atoms with Crippen LogP contribution in [-0.4, -0.2) is 14.9 Å². The van der Waals surface area contributed by atoms with Gasteiger partial charge in [0.2, 0.25) is 0 Å². The number of hydrogen-bond acceptors (Lipinski definition) is 2. The van der Waals surface area contributed by atoms with Crippen LogP contribution in [0.5, 0.6) is 0 Å². The van der Waals surface area contributed by atoms with Gasteiger partial charge in [0.15, 0.2) is 5.69 Å². The fourth-order valence-electron chi connectivity index (χ4n) is 1.24. The maximum Gasteiger partial charge on any atom is 0.435 e. The third-order valence-corrected chi connectivity index (χ3v) is 2.77. The molecule has 0 spiro atoms. The van der Waals surface area contributed by atoms with Crippen molar-refractivity contribution in [2.45, 2.75) is 25.6 Å². The van der Waals surface area contributed by atoms with E-state index in [-0.39, 0.29) is 10.2 Å². The fraction of sp³-hybridized carbons (Fsp3) is 0.625. The van der Waals surface area contributed by atoms with Gasteiger partial charge in [0.05, 0.1) is 5.60 Å². The quantitative estimate of drug-likeness (QED) is 0.861. The zero-order valence-electron chi connectivity index (χ0n) is 8.35. The van der Waals surface area contributed by atoms with E-state index >= 15 is 0 Å². The first-order valence-corrected chi connectivity index (χ1v) is 4.87. The van der Waals surface area contributed by atoms with Gasteiger partial charge in [0.1, 0.15) is 4.60 Å². The Morgan fingerprint density at radius 2 is 1.80 bits per heavy atom. The van der Waals surface area contributed by atoms with Gasteiger partial charge in [0, 0.05) is 12.6 Å². The highest BCUT2D eigenvalue weighted by atomic mass is 79.9. The lowest BCUT2D eigenvalue weighted by Crippen LogP contribution is -2.21. The molecule has 0 aliphatic carbocycles. The van der Waals surface area contributed by atoms with Gasteiger partial charge in [-0.25, -0.2) is 0 Å². The minimum absolute atomic E-state index is 0.127. The van der Waals surface area contributed by atoms with Crippen LogP contribution >= 0.6 is 15.9 Å². The summed E-state index contributed by atoms with van der Waals surface area (Å²) in [5, 5.41) is 13.0. The molecule has 1 aromatic rings. The Labute approximate surface area is 93.0 Å². The lowest BCUT2D eigenvalue weighted by molar-refractivity contribution is -0.144. The standard InChI is InChI=1S/C8H10BrF3N2O/c1-7(2,15)4-5(8(10,11)12)13-14(3)6(4)9/h15H,1-3H3. The molecule has 0 aliphatic rings. The molecule has 15 heavy (non-hydrogen) atoms. The van der Waals surface area contributed by atoms with Crippen molar-refractivity contribution in [1.82, 2.24) is 9.78 Å². The largest absolute Gasteiger partial charge is 0.435 e. The SMILES string of the molecule is Cn1nc(C(F)(F)F)c(C(C)(C)O)c1Br. The van der Waals surface area contributed by atoms with Crippen LogP contribution in [0.25, 0.3) is 0 Å². The minimum atomic E-state index is -4.57. The molecule has 86 valence electrons. The summed E-state index contributed by atoms with van der Waals surface area (Å²) in [4.78, 5) is 0. The number of aryl methyl sites for hydroxylation is 1. The van der Waals surface area contributed by atoms with E-state index in [9.17, 15) is 18.3 Å². The Kier molecular flexibility index (Phi) is 2.90. The first-order chi connectivity index (χ1) is 6.55. The van der Waals surface area contributed by atoms with Crippen LogP contribution < -0.4 is 0 Å². The summed E-state index contributed by atoms with van der Waals surface area (Å²) in [5.74, 6) is 0. The van der Waals surface area contributed by atoms with Crippen molar-refractivity contribution in [3.8, 4) is 0 Å². The molecule has 1 N–H and O–H groups in total. The van der Waals surface area contributed by atoms with Crippen molar-refractivity contribution in [3.05, 3.63) is 15.9 Å². The van der Waals surface area contributed by atoms with E-state index in [2.05, 4.69) is 21.0 Å². The second-order valence-electron chi connectivity index (χ2n) is 3.69. The molecule has 0 saturated heterocycles. The maximum absolute atomic E-state index is 12.6. The molecule has 3 nitrogen and oxygen atoms in total. The van der Waals surface area contributed by atoms with Crippen LogP contribution in [0.4, 0.5) is 13.2 Å². The summed E-state index contributed by atoms with van der Waals surface area (Å²) in [7, 11) is 1.37. The number of alkyl halides is 3. The Hall–Kier alpha value is -0.560. The Morgan fingerprint density at radius 1 is 1.33 bits per heavy atom. The van der Waals surface area contributed by atoms with E-state index in [1.165, 1.54) is 20.9 Å². The average Bonchev–Trinajstić information content (AvgIpc) is 2.25. The smallest absolute Gasteiger partial charge is 0.386 e. The molecular formula is C8H10BrF3N2O. The summed E-state index contributed by atoms with van der Waals surface area (Å²) < 4.78 is 38.9. The van der Waals surface area contributed by atoms with Crippen LogP contribution in [0.2, 0.25) is 0 Å². The van der Waals surface area contributed by atoms with Crippen molar-refractivity contribution < 1.29 is 18.3 Å². The molecule has 1 heterocycles. The first kappa shape index (κ1) is 12.5. The summed E-state index contributed by atoms with van der Waals surface area (Å²) in [6.45, 7) is 2.56. The van der Waals surface area contributed by atoms with Gasteiger partial charge in [-0.15, -0.1) is 0 Å². The molecule has 0 unspecified atom stereocenters. The topological polar surface area (TPSA) is 38.0 Å². The number of rotatable bonds is 1. The highest BCUT2D eigenvalue weighted by Gasteiger charge is 2.42. The molecule has 0 radical (unpaired) electrons. The van der Waals surface area contributed by atoms with E-state index in [0.29, 0.717) is 0 Å². The van der Waals surface area contributed by atoms with E-state index in [1.807, 2.05) is 0 Å². The molecule has 0 aromatic carbocycles. The van der Waals surface area contributed by atoms with Crippen LogP contribution in [0.1, 0.15) is 25.1 Å². The number of nitrogens with zero attached hydrogens (tertiary/aromatic N) is 2. The highest BCUT2D eigenvalue weighted by molar-refractivity contribution is 9.10. The second kappa shape index (κ2) is 3.48. The highest BCUT2D eigenvalue weighted by Crippen LogP contribution is 2.39. The van der Waals surface area contributed by atoms with Crippen LogP contribution in [0.15, 0.2) is 4.60 Å². The third-order valence-electron chi connectivity index (χ3n) is 1.86. The predicted octanol–water partition coefficient (Wildman–Crippen LogP) is 2.43. The summed E-state index contributed by atoms with van der Waals surface area (Å²) in [5.41, 5.74) is -2.92. The molecule has 0 atom stereocenters. The molecule has 0 aliphatic heterocycles. The van der Waals surface area contributed by atoms with Crippen molar-refractivity contribution in [2.75, 3.05) is 0 Å². The fourth-order valence-corrected chi connectivity index (χ4v) is 2.00. The molecule has 0 amide bonds. The van der Waals surface area contributed by atoms with Gasteiger partial charge in [-0.2, -0.15) is 18.3 Å². The van der Waals surface area contributed by atoms with Gasteiger partial charge in [-0.05, 0) is 29.8 Å². The van der Waals surface area contributed by atoms with Gasteiger partial charge in [-0.3, -0.25) is 4.68 Å². The molecule has 0 bridgehead atoms. The maximum atomic E-state index is 12.6.